The lowest BCUT2D eigenvalue weighted by atomic mass is 9.77. The fourth-order valence-electron chi connectivity index (χ4n) is 3.34. The Morgan fingerprint density at radius 1 is 1.13 bits per heavy atom. The molecule has 1 aromatic carbocycles. The Morgan fingerprint density at radius 2 is 1.74 bits per heavy atom. The summed E-state index contributed by atoms with van der Waals surface area (Å²) in [4.78, 5) is 11.7. The molecule has 0 spiro atoms. The molecule has 0 unspecified atom stereocenters. The number of halogens is 3. The summed E-state index contributed by atoms with van der Waals surface area (Å²) in [6.07, 6.45) is 1.61. The monoisotopic (exact) mass is 328 g/mol. The molecule has 1 aromatic rings. The Balaban J connectivity index is 1.84. The topological polar surface area (TPSA) is 26.3 Å². The van der Waals surface area contributed by atoms with Crippen LogP contribution >= 0.6 is 0 Å². The molecule has 0 amide bonds. The van der Waals surface area contributed by atoms with Crippen molar-refractivity contribution in [1.82, 2.24) is 0 Å². The smallest absolute Gasteiger partial charge is 0.406 e. The fraction of sp³-hybridized carbons (Fsp3) is 0.611. The number of hydrogen-bond donors (Lipinski definition) is 0. The van der Waals surface area contributed by atoms with E-state index in [1.54, 1.807) is 12.1 Å². The lowest BCUT2D eigenvalue weighted by molar-refractivity contribution is -0.274. The SMILES string of the molecule is CCCC(=O)CC1CCC(c2ccc(OC(F)(F)F)cc2)CC1. The van der Waals surface area contributed by atoms with E-state index in [1.165, 1.54) is 12.1 Å². The summed E-state index contributed by atoms with van der Waals surface area (Å²) in [5.41, 5.74) is 1.05. The van der Waals surface area contributed by atoms with Gasteiger partial charge in [0, 0.05) is 12.8 Å². The predicted octanol–water partition coefficient (Wildman–Crippen LogP) is 5.62. The molecule has 5 heteroatoms. The molecule has 0 aliphatic heterocycles. The van der Waals surface area contributed by atoms with E-state index >= 15 is 0 Å². The van der Waals surface area contributed by atoms with Crippen LogP contribution in [0.1, 0.15) is 63.4 Å². The van der Waals surface area contributed by atoms with Crippen molar-refractivity contribution in [2.45, 2.75) is 64.1 Å². The molecule has 2 nitrogen and oxygen atoms in total. The predicted molar refractivity (Wildman–Crippen MR) is 82.4 cm³/mol. The molecule has 0 aromatic heterocycles. The van der Waals surface area contributed by atoms with Crippen LogP contribution in [-0.2, 0) is 4.79 Å². The first-order valence-corrected chi connectivity index (χ1v) is 8.24. The van der Waals surface area contributed by atoms with Crippen LogP contribution in [0.3, 0.4) is 0 Å². The second-order valence-electron chi connectivity index (χ2n) is 6.33. The van der Waals surface area contributed by atoms with E-state index in [9.17, 15) is 18.0 Å². The molecule has 23 heavy (non-hydrogen) atoms. The molecule has 2 rings (SSSR count). The minimum absolute atomic E-state index is 0.180. The number of ether oxygens (including phenoxy) is 1. The molecule has 0 radical (unpaired) electrons. The van der Waals surface area contributed by atoms with Crippen molar-refractivity contribution >= 4 is 5.78 Å². The molecule has 1 fully saturated rings. The summed E-state index contributed by atoms with van der Waals surface area (Å²) in [6, 6.07) is 6.18. The number of rotatable bonds is 6. The molecular formula is C18H23F3O2. The molecule has 1 aliphatic carbocycles. The summed E-state index contributed by atoms with van der Waals surface area (Å²) < 4.78 is 40.3. The van der Waals surface area contributed by atoms with Crippen LogP contribution in [-0.4, -0.2) is 12.1 Å². The van der Waals surface area contributed by atoms with Crippen LogP contribution in [0.4, 0.5) is 13.2 Å². The summed E-state index contributed by atoms with van der Waals surface area (Å²) in [6.45, 7) is 2.01. The number of hydrogen-bond acceptors (Lipinski definition) is 2. The van der Waals surface area contributed by atoms with Gasteiger partial charge in [-0.1, -0.05) is 19.1 Å². The number of benzene rings is 1. The Morgan fingerprint density at radius 3 is 2.26 bits per heavy atom. The van der Waals surface area contributed by atoms with Gasteiger partial charge < -0.3 is 4.74 Å². The molecule has 0 bridgehead atoms. The Bertz CT molecular complexity index is 500. The van der Waals surface area contributed by atoms with E-state index in [4.69, 9.17) is 0 Å². The molecule has 128 valence electrons. The summed E-state index contributed by atoms with van der Waals surface area (Å²) in [5.74, 6) is 1.01. The first-order chi connectivity index (χ1) is 10.9. The number of alkyl halides is 3. The van der Waals surface area contributed by atoms with Crippen LogP contribution in [0.25, 0.3) is 0 Å². The largest absolute Gasteiger partial charge is 0.573 e. The summed E-state index contributed by atoms with van der Waals surface area (Å²) in [7, 11) is 0. The molecule has 0 heterocycles. The Hall–Kier alpha value is -1.52. The van der Waals surface area contributed by atoms with Gasteiger partial charge in [-0.05, 0) is 61.6 Å². The van der Waals surface area contributed by atoms with Crippen LogP contribution in [0.2, 0.25) is 0 Å². The van der Waals surface area contributed by atoms with Gasteiger partial charge in [0.1, 0.15) is 11.5 Å². The molecule has 1 saturated carbocycles. The first kappa shape index (κ1) is 17.8. The van der Waals surface area contributed by atoms with Gasteiger partial charge >= 0.3 is 6.36 Å². The highest BCUT2D eigenvalue weighted by Gasteiger charge is 2.31. The average molecular weight is 328 g/mol. The zero-order chi connectivity index (χ0) is 16.9. The maximum atomic E-state index is 12.1. The van der Waals surface area contributed by atoms with E-state index in [-0.39, 0.29) is 5.75 Å². The second kappa shape index (κ2) is 7.84. The highest BCUT2D eigenvalue weighted by atomic mass is 19.4. The van der Waals surface area contributed by atoms with Crippen molar-refractivity contribution in [2.24, 2.45) is 5.92 Å². The zero-order valence-corrected chi connectivity index (χ0v) is 13.4. The van der Waals surface area contributed by atoms with Crippen LogP contribution in [0, 0.1) is 5.92 Å². The highest BCUT2D eigenvalue weighted by molar-refractivity contribution is 5.78. The van der Waals surface area contributed by atoms with E-state index < -0.39 is 6.36 Å². The Kier molecular flexibility index (Phi) is 6.08. The minimum Gasteiger partial charge on any atom is -0.406 e. The third kappa shape index (κ3) is 5.88. The maximum Gasteiger partial charge on any atom is 0.573 e. The van der Waals surface area contributed by atoms with Gasteiger partial charge in [0.05, 0.1) is 0 Å². The summed E-state index contributed by atoms with van der Waals surface area (Å²) in [5, 5.41) is 0. The Labute approximate surface area is 135 Å². The first-order valence-electron chi connectivity index (χ1n) is 8.24. The lowest BCUT2D eigenvalue weighted by Crippen LogP contribution is -2.17. The number of carbonyl (C=O) groups is 1. The minimum atomic E-state index is -4.65. The van der Waals surface area contributed by atoms with Crippen molar-refractivity contribution in [2.75, 3.05) is 0 Å². The van der Waals surface area contributed by atoms with Gasteiger partial charge in [-0.3, -0.25) is 4.79 Å². The van der Waals surface area contributed by atoms with Crippen LogP contribution < -0.4 is 4.74 Å². The van der Waals surface area contributed by atoms with Gasteiger partial charge in [-0.25, -0.2) is 0 Å². The van der Waals surface area contributed by atoms with Crippen LogP contribution in [0.15, 0.2) is 24.3 Å². The van der Waals surface area contributed by atoms with Crippen molar-refractivity contribution in [3.8, 4) is 5.75 Å². The number of ketones is 1. The van der Waals surface area contributed by atoms with Gasteiger partial charge in [-0.2, -0.15) is 0 Å². The third-order valence-corrected chi connectivity index (χ3v) is 4.48. The van der Waals surface area contributed by atoms with Gasteiger partial charge in [0.2, 0.25) is 0 Å². The van der Waals surface area contributed by atoms with Crippen molar-refractivity contribution in [1.29, 1.82) is 0 Å². The zero-order valence-electron chi connectivity index (χ0n) is 13.4. The summed E-state index contributed by atoms with van der Waals surface area (Å²) >= 11 is 0. The standard InChI is InChI=1S/C18H23F3O2/c1-2-3-16(22)12-13-4-6-14(7-5-13)15-8-10-17(11-9-15)23-18(19,20)21/h8-11,13-14H,2-7,12H2,1H3. The second-order valence-corrected chi connectivity index (χ2v) is 6.33. The van der Waals surface area contributed by atoms with Crippen molar-refractivity contribution in [3.05, 3.63) is 29.8 Å². The molecule has 0 atom stereocenters. The quantitative estimate of drug-likeness (QED) is 0.677. The van der Waals surface area contributed by atoms with Crippen molar-refractivity contribution < 1.29 is 22.7 Å². The van der Waals surface area contributed by atoms with Gasteiger partial charge in [0.15, 0.2) is 0 Å². The molecule has 0 N–H and O–H groups in total. The van der Waals surface area contributed by atoms with E-state index in [0.29, 0.717) is 30.5 Å². The van der Waals surface area contributed by atoms with E-state index in [0.717, 1.165) is 37.7 Å². The van der Waals surface area contributed by atoms with E-state index in [2.05, 4.69) is 4.74 Å². The van der Waals surface area contributed by atoms with Gasteiger partial charge in [0.25, 0.3) is 0 Å². The number of carbonyl (C=O) groups excluding carboxylic acids is 1. The molecule has 0 saturated heterocycles. The third-order valence-electron chi connectivity index (χ3n) is 4.48. The lowest BCUT2D eigenvalue weighted by Gasteiger charge is -2.28. The number of Topliss-reactive ketones (excluding diaryl/α,β-unsaturated/α-hetero) is 1. The highest BCUT2D eigenvalue weighted by Crippen LogP contribution is 2.38. The normalized spacial score (nSPS) is 21.9. The molecule has 1 aliphatic rings. The fourth-order valence-corrected chi connectivity index (χ4v) is 3.34. The van der Waals surface area contributed by atoms with Gasteiger partial charge in [-0.15, -0.1) is 13.2 Å². The average Bonchev–Trinajstić information content (AvgIpc) is 2.47. The molecular weight excluding hydrogens is 305 g/mol. The van der Waals surface area contributed by atoms with Crippen LogP contribution in [0.5, 0.6) is 5.75 Å². The van der Waals surface area contributed by atoms with E-state index in [1.807, 2.05) is 6.92 Å². The van der Waals surface area contributed by atoms with Crippen molar-refractivity contribution in [3.63, 3.8) is 0 Å². The maximum absolute atomic E-state index is 12.1.